The van der Waals surface area contributed by atoms with Gasteiger partial charge in [-0.1, -0.05) is 18.3 Å². The van der Waals surface area contributed by atoms with Crippen molar-refractivity contribution in [3.8, 4) is 0 Å². The highest BCUT2D eigenvalue weighted by molar-refractivity contribution is 7.80. The molecule has 3 N–H and O–H groups in total. The van der Waals surface area contributed by atoms with Crippen LogP contribution < -0.4 is 10.6 Å². The maximum Gasteiger partial charge on any atom is 0.336 e. The molecule has 1 unspecified atom stereocenters. The topological polar surface area (TPSA) is 99.4 Å². The lowest BCUT2D eigenvalue weighted by atomic mass is 9.82. The Balaban J connectivity index is 0.000000369. The fourth-order valence-corrected chi connectivity index (χ4v) is 3.17. The summed E-state index contributed by atoms with van der Waals surface area (Å²) in [4.78, 5) is 16.6. The van der Waals surface area contributed by atoms with Crippen molar-refractivity contribution in [2.75, 3.05) is 32.9 Å². The van der Waals surface area contributed by atoms with Crippen molar-refractivity contribution in [2.24, 2.45) is 0 Å². The smallest absolute Gasteiger partial charge is 0.336 e. The van der Waals surface area contributed by atoms with Crippen LogP contribution >= 0.6 is 12.2 Å². The van der Waals surface area contributed by atoms with Crippen LogP contribution in [-0.4, -0.2) is 54.7 Å². The van der Waals surface area contributed by atoms with Gasteiger partial charge in [-0.15, -0.1) is 0 Å². The average molecular weight is 388 g/mol. The van der Waals surface area contributed by atoms with Crippen molar-refractivity contribution in [1.29, 1.82) is 0 Å². The van der Waals surface area contributed by atoms with E-state index in [1.54, 1.807) is 32.3 Å². The van der Waals surface area contributed by atoms with E-state index in [0.29, 0.717) is 21.8 Å². The number of quaternary nitrogens is 1. The van der Waals surface area contributed by atoms with Crippen molar-refractivity contribution in [3.63, 3.8) is 0 Å². The van der Waals surface area contributed by atoms with Crippen LogP contribution in [0.2, 0.25) is 0 Å². The van der Waals surface area contributed by atoms with E-state index in [1.807, 2.05) is 6.07 Å². The molecule has 8 heteroatoms. The van der Waals surface area contributed by atoms with Crippen molar-refractivity contribution < 1.29 is 19.6 Å². The minimum Gasteiger partial charge on any atom is -0.763 e. The first kappa shape index (κ1) is 20.9. The number of carbonyl (C=O) groups excluding carboxylic acids is 1. The number of pyridine rings is 1. The van der Waals surface area contributed by atoms with Crippen molar-refractivity contribution in [2.45, 2.75) is 19.8 Å². The summed E-state index contributed by atoms with van der Waals surface area (Å²) in [6, 6.07) is 3.57. The largest absolute Gasteiger partial charge is 0.763 e. The van der Waals surface area contributed by atoms with Gasteiger partial charge in [-0.2, -0.15) is 0 Å². The number of carbonyl (C=O) groups is 1. The van der Waals surface area contributed by atoms with E-state index >= 15 is 0 Å². The number of thiocarbonyl (C=S) groups is 1. The SMILES string of the molecule is C1COCC[NH2+]1.CCOC(=O)C1=C(C)NC(=S)C(=C=[N-])C1c1cccnc1. The van der Waals surface area contributed by atoms with Gasteiger partial charge in [0.25, 0.3) is 0 Å². The number of esters is 1. The third-order valence-electron chi connectivity index (χ3n) is 4.09. The normalized spacial score (nSPS) is 19.4. The number of nitrogens with one attached hydrogen (secondary N) is 1. The third-order valence-corrected chi connectivity index (χ3v) is 4.42. The van der Waals surface area contributed by atoms with Crippen LogP contribution in [0.3, 0.4) is 0 Å². The van der Waals surface area contributed by atoms with E-state index < -0.39 is 11.9 Å². The van der Waals surface area contributed by atoms with Gasteiger partial charge >= 0.3 is 5.97 Å². The molecular formula is C19H24N4O3S. The molecule has 0 bridgehead atoms. The Morgan fingerprint density at radius 3 is 2.74 bits per heavy atom. The second-order valence-corrected chi connectivity index (χ2v) is 6.34. The molecule has 0 spiro atoms. The van der Waals surface area contributed by atoms with E-state index in [1.165, 1.54) is 0 Å². The van der Waals surface area contributed by atoms with Crippen LogP contribution in [0.25, 0.3) is 5.41 Å². The molecule has 3 rings (SSSR count). The molecule has 1 saturated heterocycles. The van der Waals surface area contributed by atoms with Gasteiger partial charge in [0.15, 0.2) is 0 Å². The first-order chi connectivity index (χ1) is 13.1. The van der Waals surface area contributed by atoms with Crippen LogP contribution in [0.5, 0.6) is 0 Å². The number of rotatable bonds is 3. The zero-order valence-corrected chi connectivity index (χ0v) is 16.3. The Morgan fingerprint density at radius 1 is 1.52 bits per heavy atom. The molecule has 144 valence electrons. The molecule has 27 heavy (non-hydrogen) atoms. The van der Waals surface area contributed by atoms with E-state index in [4.69, 9.17) is 21.7 Å². The Labute approximate surface area is 164 Å². The van der Waals surface area contributed by atoms with Crippen LogP contribution in [0, 0.1) is 0 Å². The second kappa shape index (κ2) is 10.7. The van der Waals surface area contributed by atoms with E-state index in [0.717, 1.165) is 31.9 Å². The molecule has 3 heterocycles. The van der Waals surface area contributed by atoms with Gasteiger partial charge in [0.2, 0.25) is 0 Å². The molecule has 1 aromatic heterocycles. The Hall–Kier alpha value is -2.38. The third kappa shape index (κ3) is 5.55. The zero-order chi connectivity index (χ0) is 19.6. The van der Waals surface area contributed by atoms with Gasteiger partial charge in [0, 0.05) is 23.7 Å². The summed E-state index contributed by atoms with van der Waals surface area (Å²) in [6.45, 7) is 7.94. The second-order valence-electron chi connectivity index (χ2n) is 5.94. The summed E-state index contributed by atoms with van der Waals surface area (Å²) in [6.07, 6.45) is 3.26. The fraction of sp³-hybridized carbons (Fsp3) is 0.421. The van der Waals surface area contributed by atoms with Crippen molar-refractivity contribution in [1.82, 2.24) is 10.3 Å². The lowest BCUT2D eigenvalue weighted by molar-refractivity contribution is -0.670. The highest BCUT2D eigenvalue weighted by Gasteiger charge is 2.34. The highest BCUT2D eigenvalue weighted by Crippen LogP contribution is 2.36. The van der Waals surface area contributed by atoms with Gasteiger partial charge in [-0.25, -0.2) is 4.79 Å². The van der Waals surface area contributed by atoms with Gasteiger partial charge in [-0.3, -0.25) is 10.9 Å². The monoisotopic (exact) mass is 388 g/mol. The molecule has 0 saturated carbocycles. The molecule has 0 amide bonds. The Bertz CT molecular complexity index is 742. The molecule has 0 aliphatic carbocycles. The van der Waals surface area contributed by atoms with E-state index in [2.05, 4.69) is 21.5 Å². The van der Waals surface area contributed by atoms with E-state index in [-0.39, 0.29) is 6.61 Å². The maximum atomic E-state index is 12.3. The molecule has 2 aliphatic heterocycles. The molecule has 0 aromatic carbocycles. The quantitative estimate of drug-likeness (QED) is 0.342. The van der Waals surface area contributed by atoms with Crippen LogP contribution in [-0.2, 0) is 14.3 Å². The van der Waals surface area contributed by atoms with Gasteiger partial charge in [-0.05, 0) is 25.5 Å². The number of aromatic nitrogens is 1. The van der Waals surface area contributed by atoms with Gasteiger partial charge < -0.3 is 25.5 Å². The summed E-state index contributed by atoms with van der Waals surface area (Å²) in [5.74, 6) is 1.10. The lowest BCUT2D eigenvalue weighted by Crippen LogP contribution is -2.87. The number of allylic oxidation sites excluding steroid dienone is 1. The van der Waals surface area contributed by atoms with E-state index in [9.17, 15) is 10.2 Å². The number of nitrogens with two attached hydrogens (primary N) is 1. The Kier molecular flexibility index (Phi) is 8.29. The molecule has 0 radical (unpaired) electrons. The summed E-state index contributed by atoms with van der Waals surface area (Å²) in [5, 5.41) is 14.6. The predicted octanol–water partition coefficient (Wildman–Crippen LogP) is 0.678. The first-order valence-corrected chi connectivity index (χ1v) is 9.26. The first-order valence-electron chi connectivity index (χ1n) is 8.85. The number of nitrogens with zero attached hydrogens (tertiary/aromatic N) is 2. The number of ether oxygens (including phenoxy) is 2. The standard InChI is InChI=1S/C15H14N3O2S.C4H9NO/c1-3-20-15(19)12-9(2)18-14(21)11(7-16)13(12)10-5-4-6-17-8-10;1-3-6-4-2-5-1/h4-6,8,13H,3H2,1-2H3,(H,18,21);5H,1-4H2/q-1;/p+1. The number of morpholine rings is 1. The molecule has 1 atom stereocenters. The molecular weight excluding hydrogens is 364 g/mol. The highest BCUT2D eigenvalue weighted by atomic mass is 32.1. The molecule has 7 nitrogen and oxygen atoms in total. The van der Waals surface area contributed by atoms with Crippen LogP contribution in [0.1, 0.15) is 25.3 Å². The van der Waals surface area contributed by atoms with Crippen LogP contribution in [0.15, 0.2) is 41.4 Å². The molecule has 1 aromatic rings. The summed E-state index contributed by atoms with van der Waals surface area (Å²) >= 11 is 5.21. The minimum atomic E-state index is -0.545. The molecule has 2 aliphatic rings. The summed E-state index contributed by atoms with van der Waals surface area (Å²) in [7, 11) is 0. The van der Waals surface area contributed by atoms with Crippen molar-refractivity contribution >= 4 is 29.0 Å². The summed E-state index contributed by atoms with van der Waals surface area (Å²) in [5.41, 5.74) is 2.06. The number of hydrogen-bond acceptors (Lipinski definition) is 5. The summed E-state index contributed by atoms with van der Waals surface area (Å²) < 4.78 is 10.1. The zero-order valence-electron chi connectivity index (χ0n) is 15.5. The fourth-order valence-electron chi connectivity index (χ4n) is 2.85. The Morgan fingerprint density at radius 2 is 2.26 bits per heavy atom. The maximum absolute atomic E-state index is 12.3. The minimum absolute atomic E-state index is 0.266. The van der Waals surface area contributed by atoms with Gasteiger partial charge in [0.05, 0.1) is 44.4 Å². The van der Waals surface area contributed by atoms with Crippen molar-refractivity contribution in [3.05, 3.63) is 52.3 Å². The number of hydrogen-bond donors (Lipinski definition) is 2. The predicted molar refractivity (Wildman–Crippen MR) is 106 cm³/mol. The van der Waals surface area contributed by atoms with Crippen LogP contribution in [0.4, 0.5) is 0 Å². The molecule has 1 fully saturated rings. The average Bonchev–Trinajstić information content (AvgIpc) is 2.70. The lowest BCUT2D eigenvalue weighted by Gasteiger charge is -2.30. The van der Waals surface area contributed by atoms with Gasteiger partial charge in [0.1, 0.15) is 4.99 Å².